The molecule has 0 atom stereocenters. The summed E-state index contributed by atoms with van der Waals surface area (Å²) in [4.78, 5) is 10.8. The summed E-state index contributed by atoms with van der Waals surface area (Å²) in [5.74, 6) is 1.42. The van der Waals surface area contributed by atoms with Crippen molar-refractivity contribution in [2.75, 3.05) is 6.79 Å². The molecule has 0 N–H and O–H groups in total. The summed E-state index contributed by atoms with van der Waals surface area (Å²) < 4.78 is 10.4. The van der Waals surface area contributed by atoms with E-state index in [0.717, 1.165) is 11.3 Å². The number of rotatable bonds is 3. The molecule has 1 aromatic rings. The van der Waals surface area contributed by atoms with E-state index in [2.05, 4.69) is 6.58 Å². The SMILES string of the molecule is C=C([14CH2]c1ccc2c(c1)OCO2)C(=O)Cl. The third-order valence-corrected chi connectivity index (χ3v) is 2.40. The summed E-state index contributed by atoms with van der Waals surface area (Å²) in [6.07, 6.45) is 0.430. The fourth-order valence-electron chi connectivity index (χ4n) is 1.37. The molecule has 0 unspecified atom stereocenters. The fraction of sp³-hybridized carbons (Fsp3) is 0.182. The second-order valence-corrected chi connectivity index (χ2v) is 3.58. The zero-order chi connectivity index (χ0) is 10.8. The highest BCUT2D eigenvalue weighted by molar-refractivity contribution is 6.67. The van der Waals surface area contributed by atoms with Gasteiger partial charge in [0.1, 0.15) is 0 Å². The molecule has 0 saturated carbocycles. The lowest BCUT2D eigenvalue weighted by atomic mass is 10.2. The first-order chi connectivity index (χ1) is 7.16. The molecule has 1 aliphatic rings. The summed E-state index contributed by atoms with van der Waals surface area (Å²) in [6, 6.07) is 5.50. The summed E-state index contributed by atoms with van der Waals surface area (Å²) in [5, 5.41) is -0.507. The van der Waals surface area contributed by atoms with E-state index in [-0.39, 0.29) is 6.79 Å². The van der Waals surface area contributed by atoms with Crippen molar-refractivity contribution in [3.05, 3.63) is 35.9 Å². The third kappa shape index (κ3) is 2.13. The number of hydrogen-bond donors (Lipinski definition) is 0. The smallest absolute Gasteiger partial charge is 0.248 e. The van der Waals surface area contributed by atoms with Gasteiger partial charge in [0.15, 0.2) is 11.5 Å². The van der Waals surface area contributed by atoms with Crippen LogP contribution in [0.25, 0.3) is 0 Å². The number of ether oxygens (including phenoxy) is 2. The van der Waals surface area contributed by atoms with Gasteiger partial charge in [0.05, 0.1) is 0 Å². The van der Waals surface area contributed by atoms with Crippen molar-refractivity contribution in [2.45, 2.75) is 6.42 Å². The van der Waals surface area contributed by atoms with Crippen LogP contribution in [0.2, 0.25) is 0 Å². The van der Waals surface area contributed by atoms with Gasteiger partial charge in [-0.3, -0.25) is 4.79 Å². The number of fused-ring (bicyclic) bond motifs is 1. The van der Waals surface area contributed by atoms with E-state index in [1.165, 1.54) is 0 Å². The maximum absolute atomic E-state index is 10.8. The maximum Gasteiger partial charge on any atom is 0.248 e. The summed E-state index contributed by atoms with van der Waals surface area (Å²) in [5.41, 5.74) is 1.30. The van der Waals surface area contributed by atoms with Crippen molar-refractivity contribution in [3.8, 4) is 11.5 Å². The van der Waals surface area contributed by atoms with Crippen LogP contribution in [0, 0.1) is 0 Å². The Hall–Kier alpha value is -1.48. The van der Waals surface area contributed by atoms with Gasteiger partial charge in [-0.15, -0.1) is 0 Å². The van der Waals surface area contributed by atoms with Gasteiger partial charge in [-0.05, 0) is 29.3 Å². The Kier molecular flexibility index (Phi) is 2.64. The molecule has 78 valence electrons. The predicted octanol–water partition coefficient (Wildman–Crippen LogP) is 2.28. The Morgan fingerprint density at radius 2 is 2.13 bits per heavy atom. The van der Waals surface area contributed by atoms with Crippen molar-refractivity contribution in [1.29, 1.82) is 0 Å². The zero-order valence-electron chi connectivity index (χ0n) is 7.96. The fourth-order valence-corrected chi connectivity index (χ4v) is 1.43. The Balaban J connectivity index is 2.17. The standard InChI is InChI=1S/C11H9ClO3/c1-7(11(12)13)4-8-2-3-9-10(5-8)15-6-14-9/h2-3,5H,1,4,6H2/i4+2. The average Bonchev–Trinajstić information content (AvgIpc) is 2.64. The minimum Gasteiger partial charge on any atom is -0.454 e. The quantitative estimate of drug-likeness (QED) is 0.586. The average molecular weight is 227 g/mol. The molecule has 15 heavy (non-hydrogen) atoms. The molecule has 0 spiro atoms. The number of halogens is 1. The van der Waals surface area contributed by atoms with Crippen LogP contribution in [-0.2, 0) is 11.2 Å². The number of carbonyl (C=O) groups excluding carboxylic acids is 1. The van der Waals surface area contributed by atoms with Crippen molar-refractivity contribution >= 4 is 16.8 Å². The monoisotopic (exact) mass is 226 g/mol. The van der Waals surface area contributed by atoms with Crippen LogP contribution in [0.1, 0.15) is 5.56 Å². The predicted molar refractivity (Wildman–Crippen MR) is 56.3 cm³/mol. The molecule has 3 nitrogen and oxygen atoms in total. The Bertz CT molecular complexity index is 426. The van der Waals surface area contributed by atoms with E-state index < -0.39 is 5.24 Å². The molecule has 2 rings (SSSR count). The molecular weight excluding hydrogens is 218 g/mol. The lowest BCUT2D eigenvalue weighted by Crippen LogP contribution is -1.96. The lowest BCUT2D eigenvalue weighted by molar-refractivity contribution is -0.108. The van der Waals surface area contributed by atoms with E-state index in [0.29, 0.717) is 17.7 Å². The van der Waals surface area contributed by atoms with Gasteiger partial charge in [-0.25, -0.2) is 0 Å². The summed E-state index contributed by atoms with van der Waals surface area (Å²) >= 11 is 5.30. The van der Waals surface area contributed by atoms with Crippen molar-refractivity contribution in [3.63, 3.8) is 0 Å². The number of allylic oxidation sites excluding steroid dienone is 1. The normalized spacial score (nSPS) is 12.6. The van der Waals surface area contributed by atoms with Crippen LogP contribution in [0.15, 0.2) is 30.4 Å². The molecule has 1 aromatic carbocycles. The summed E-state index contributed by atoms with van der Waals surface area (Å²) in [7, 11) is 0. The van der Waals surface area contributed by atoms with Crippen molar-refractivity contribution in [2.24, 2.45) is 0 Å². The van der Waals surface area contributed by atoms with Gasteiger partial charge in [0.2, 0.25) is 12.0 Å². The molecule has 0 radical (unpaired) electrons. The van der Waals surface area contributed by atoms with Gasteiger partial charge >= 0.3 is 0 Å². The van der Waals surface area contributed by atoms with Gasteiger partial charge in [0, 0.05) is 12.0 Å². The van der Waals surface area contributed by atoms with Crippen LogP contribution in [0.3, 0.4) is 0 Å². The van der Waals surface area contributed by atoms with Crippen LogP contribution in [0.5, 0.6) is 11.5 Å². The molecule has 0 aliphatic carbocycles. The van der Waals surface area contributed by atoms with Crippen molar-refractivity contribution < 1.29 is 14.3 Å². The highest BCUT2D eigenvalue weighted by atomic mass is 35.5. The minimum absolute atomic E-state index is 0.244. The zero-order valence-corrected chi connectivity index (χ0v) is 8.71. The van der Waals surface area contributed by atoms with Gasteiger partial charge in [-0.1, -0.05) is 12.6 Å². The van der Waals surface area contributed by atoms with E-state index >= 15 is 0 Å². The number of carbonyl (C=O) groups is 1. The molecule has 0 saturated heterocycles. The van der Waals surface area contributed by atoms with E-state index in [1.807, 2.05) is 18.2 Å². The number of hydrogen-bond acceptors (Lipinski definition) is 3. The van der Waals surface area contributed by atoms with Crippen LogP contribution in [-0.4, -0.2) is 12.0 Å². The highest BCUT2D eigenvalue weighted by Gasteiger charge is 2.14. The van der Waals surface area contributed by atoms with Gasteiger partial charge in [0.25, 0.3) is 0 Å². The third-order valence-electron chi connectivity index (χ3n) is 2.13. The Morgan fingerprint density at radius 1 is 1.40 bits per heavy atom. The molecule has 1 aliphatic heterocycles. The Morgan fingerprint density at radius 3 is 2.87 bits per heavy atom. The molecular formula is C11H9ClO3. The largest absolute Gasteiger partial charge is 0.454 e. The number of benzene rings is 1. The van der Waals surface area contributed by atoms with Crippen LogP contribution in [0.4, 0.5) is 0 Å². The second-order valence-electron chi connectivity index (χ2n) is 3.24. The van der Waals surface area contributed by atoms with E-state index in [1.54, 1.807) is 0 Å². The first-order valence-electron chi connectivity index (χ1n) is 4.43. The molecule has 0 aromatic heterocycles. The molecule has 0 amide bonds. The molecule has 0 bridgehead atoms. The lowest BCUT2D eigenvalue weighted by Gasteiger charge is -2.02. The minimum atomic E-state index is -0.507. The van der Waals surface area contributed by atoms with Gasteiger partial charge in [-0.2, -0.15) is 0 Å². The van der Waals surface area contributed by atoms with Gasteiger partial charge < -0.3 is 9.47 Å². The topological polar surface area (TPSA) is 35.5 Å². The van der Waals surface area contributed by atoms with Crippen molar-refractivity contribution in [1.82, 2.24) is 0 Å². The highest BCUT2D eigenvalue weighted by Crippen LogP contribution is 2.33. The van der Waals surface area contributed by atoms with Crippen LogP contribution < -0.4 is 9.47 Å². The first-order valence-corrected chi connectivity index (χ1v) is 4.81. The second kappa shape index (κ2) is 3.95. The van der Waals surface area contributed by atoms with Crippen LogP contribution >= 0.6 is 11.6 Å². The molecule has 1 heterocycles. The maximum atomic E-state index is 10.8. The van der Waals surface area contributed by atoms with E-state index in [4.69, 9.17) is 21.1 Å². The summed E-state index contributed by atoms with van der Waals surface area (Å²) in [6.45, 7) is 3.83. The molecule has 0 fully saturated rings. The molecule has 4 heteroatoms. The van der Waals surface area contributed by atoms with E-state index in [9.17, 15) is 4.79 Å². The Labute approximate surface area is 92.3 Å². The first kappa shape index (κ1) is 10.1.